The van der Waals surface area contributed by atoms with Crippen LogP contribution in [0.25, 0.3) is 0 Å². The minimum Gasteiger partial charge on any atom is -0.397 e. The van der Waals surface area contributed by atoms with Crippen molar-refractivity contribution in [2.75, 3.05) is 0 Å². The van der Waals surface area contributed by atoms with E-state index in [1.807, 2.05) is 0 Å². The summed E-state index contributed by atoms with van der Waals surface area (Å²) in [5.41, 5.74) is 11.5. The molecule has 1 aliphatic rings. The molecule has 0 aromatic rings. The zero-order valence-corrected chi connectivity index (χ0v) is 3.81. The summed E-state index contributed by atoms with van der Waals surface area (Å²) in [6.07, 6.45) is 5.19. The van der Waals surface area contributed by atoms with Crippen molar-refractivity contribution >= 4 is 0 Å². The first-order valence-electron chi connectivity index (χ1n) is 2.03. The van der Waals surface area contributed by atoms with Gasteiger partial charge in [-0.05, 0) is 6.08 Å². The number of rotatable bonds is 0. The van der Waals surface area contributed by atoms with Gasteiger partial charge in [0.1, 0.15) is 0 Å². The number of allylic oxidation sites excluding steroid dienone is 1. The molecule has 3 nitrogen and oxygen atoms in total. The van der Waals surface area contributed by atoms with E-state index in [1.54, 1.807) is 18.5 Å². The highest BCUT2D eigenvalue weighted by Crippen LogP contribution is 1.83. The first-order chi connectivity index (χ1) is 3.39. The van der Waals surface area contributed by atoms with Gasteiger partial charge in [0.2, 0.25) is 0 Å². The molecule has 3 heteroatoms. The van der Waals surface area contributed by atoms with E-state index < -0.39 is 0 Å². The van der Waals surface area contributed by atoms with Crippen LogP contribution in [0.2, 0.25) is 0 Å². The molecule has 0 fully saturated rings. The SMILES string of the molecule is NC1=CNNC=C1. The number of hydrogen-bond acceptors (Lipinski definition) is 3. The van der Waals surface area contributed by atoms with E-state index in [0.29, 0.717) is 0 Å². The fourth-order valence-corrected chi connectivity index (χ4v) is 0.359. The molecule has 7 heavy (non-hydrogen) atoms. The van der Waals surface area contributed by atoms with Crippen molar-refractivity contribution in [2.45, 2.75) is 0 Å². The minimum atomic E-state index is 0.735. The van der Waals surface area contributed by atoms with Gasteiger partial charge in [0, 0.05) is 12.4 Å². The summed E-state index contributed by atoms with van der Waals surface area (Å²) in [5, 5.41) is 0. The smallest absolute Gasteiger partial charge is 0.0508 e. The summed E-state index contributed by atoms with van der Waals surface area (Å²) in [5.74, 6) is 0. The number of hydrogen-bond donors (Lipinski definition) is 3. The quantitative estimate of drug-likeness (QED) is 0.378. The summed E-state index contributed by atoms with van der Waals surface area (Å²) < 4.78 is 0. The molecule has 0 bridgehead atoms. The average molecular weight is 97.1 g/mol. The molecule has 38 valence electrons. The Morgan fingerprint density at radius 3 is 2.57 bits per heavy atom. The highest BCUT2D eigenvalue weighted by Gasteiger charge is 1.83. The van der Waals surface area contributed by atoms with Crippen LogP contribution in [-0.4, -0.2) is 0 Å². The Labute approximate surface area is 41.9 Å². The third-order valence-electron chi connectivity index (χ3n) is 0.681. The van der Waals surface area contributed by atoms with Crippen molar-refractivity contribution in [1.82, 2.24) is 10.9 Å². The van der Waals surface area contributed by atoms with Crippen LogP contribution in [0.3, 0.4) is 0 Å². The first-order valence-corrected chi connectivity index (χ1v) is 2.03. The summed E-state index contributed by atoms with van der Waals surface area (Å²) in [7, 11) is 0. The van der Waals surface area contributed by atoms with Gasteiger partial charge in [-0.15, -0.1) is 0 Å². The normalized spacial score (nSPS) is 16.9. The molecule has 0 radical (unpaired) electrons. The van der Waals surface area contributed by atoms with E-state index in [4.69, 9.17) is 5.73 Å². The molecule has 1 aliphatic heterocycles. The molecular weight excluding hydrogens is 90.1 g/mol. The Kier molecular flexibility index (Phi) is 0.898. The van der Waals surface area contributed by atoms with Gasteiger partial charge in [0.15, 0.2) is 0 Å². The number of nitrogens with one attached hydrogen (secondary N) is 2. The van der Waals surface area contributed by atoms with Crippen molar-refractivity contribution < 1.29 is 0 Å². The first kappa shape index (κ1) is 4.05. The maximum atomic E-state index is 5.31. The van der Waals surface area contributed by atoms with E-state index in [1.165, 1.54) is 0 Å². The molecule has 0 atom stereocenters. The summed E-state index contributed by atoms with van der Waals surface area (Å²) in [6, 6.07) is 0. The van der Waals surface area contributed by atoms with Crippen LogP contribution >= 0.6 is 0 Å². The van der Waals surface area contributed by atoms with Crippen molar-refractivity contribution in [1.29, 1.82) is 0 Å². The molecule has 0 aromatic carbocycles. The Morgan fingerprint density at radius 1 is 1.43 bits per heavy atom. The van der Waals surface area contributed by atoms with E-state index in [-0.39, 0.29) is 0 Å². The van der Waals surface area contributed by atoms with Crippen molar-refractivity contribution in [3.05, 3.63) is 24.2 Å². The van der Waals surface area contributed by atoms with E-state index in [0.717, 1.165) is 5.70 Å². The molecular formula is C4H7N3. The second-order valence-electron chi connectivity index (χ2n) is 1.27. The standard InChI is InChI=1S/C4H7N3/c5-4-1-2-6-7-3-4/h1-3,6-7H,5H2. The Morgan fingerprint density at radius 2 is 2.29 bits per heavy atom. The monoisotopic (exact) mass is 97.1 g/mol. The Bertz CT molecular complexity index is 114. The van der Waals surface area contributed by atoms with E-state index >= 15 is 0 Å². The molecule has 0 aromatic heterocycles. The van der Waals surface area contributed by atoms with Gasteiger partial charge in [0.25, 0.3) is 0 Å². The zero-order chi connectivity index (χ0) is 5.11. The van der Waals surface area contributed by atoms with Crippen molar-refractivity contribution in [3.8, 4) is 0 Å². The molecule has 1 rings (SSSR count). The lowest BCUT2D eigenvalue weighted by Gasteiger charge is -2.04. The molecule has 0 saturated heterocycles. The van der Waals surface area contributed by atoms with Gasteiger partial charge < -0.3 is 16.6 Å². The topological polar surface area (TPSA) is 50.1 Å². The third kappa shape index (κ3) is 0.855. The van der Waals surface area contributed by atoms with Crippen LogP contribution in [0.4, 0.5) is 0 Å². The molecule has 1 heterocycles. The second kappa shape index (κ2) is 1.55. The Balaban J connectivity index is 2.58. The van der Waals surface area contributed by atoms with Crippen LogP contribution in [-0.2, 0) is 0 Å². The molecule has 0 spiro atoms. The average Bonchev–Trinajstić information content (AvgIpc) is 1.69. The van der Waals surface area contributed by atoms with Gasteiger partial charge >= 0.3 is 0 Å². The summed E-state index contributed by atoms with van der Waals surface area (Å²) >= 11 is 0. The van der Waals surface area contributed by atoms with E-state index in [2.05, 4.69) is 10.9 Å². The van der Waals surface area contributed by atoms with Crippen LogP contribution in [0, 0.1) is 0 Å². The highest BCUT2D eigenvalue weighted by molar-refractivity contribution is 5.15. The van der Waals surface area contributed by atoms with Gasteiger partial charge in [0.05, 0.1) is 5.70 Å². The highest BCUT2D eigenvalue weighted by atomic mass is 15.3. The van der Waals surface area contributed by atoms with Crippen molar-refractivity contribution in [2.24, 2.45) is 5.73 Å². The largest absolute Gasteiger partial charge is 0.397 e. The number of hydrazine groups is 1. The third-order valence-corrected chi connectivity index (χ3v) is 0.681. The lowest BCUT2D eigenvalue weighted by molar-refractivity contribution is 0.757. The molecule has 0 saturated carbocycles. The van der Waals surface area contributed by atoms with Gasteiger partial charge in [-0.25, -0.2) is 0 Å². The zero-order valence-electron chi connectivity index (χ0n) is 3.81. The maximum absolute atomic E-state index is 5.31. The van der Waals surface area contributed by atoms with Gasteiger partial charge in [-0.3, -0.25) is 0 Å². The summed E-state index contributed by atoms with van der Waals surface area (Å²) in [6.45, 7) is 0. The molecule has 0 aliphatic carbocycles. The minimum absolute atomic E-state index is 0.735. The van der Waals surface area contributed by atoms with E-state index in [9.17, 15) is 0 Å². The fourth-order valence-electron chi connectivity index (χ4n) is 0.359. The van der Waals surface area contributed by atoms with Crippen molar-refractivity contribution in [3.63, 3.8) is 0 Å². The Hall–Kier alpha value is -1.12. The molecule has 0 unspecified atom stereocenters. The van der Waals surface area contributed by atoms with Crippen LogP contribution in [0.1, 0.15) is 0 Å². The fraction of sp³-hybridized carbons (Fsp3) is 0. The summed E-state index contributed by atoms with van der Waals surface area (Å²) in [4.78, 5) is 0. The predicted octanol–water partition coefficient (Wildman–Crippen LogP) is -0.592. The predicted molar refractivity (Wildman–Crippen MR) is 27.7 cm³/mol. The molecule has 4 N–H and O–H groups in total. The lowest BCUT2D eigenvalue weighted by Crippen LogP contribution is -2.24. The number of nitrogens with two attached hydrogens (primary N) is 1. The molecule has 0 amide bonds. The van der Waals surface area contributed by atoms with Crippen LogP contribution < -0.4 is 16.6 Å². The van der Waals surface area contributed by atoms with Gasteiger partial charge in [-0.1, -0.05) is 0 Å². The van der Waals surface area contributed by atoms with Gasteiger partial charge in [-0.2, -0.15) is 0 Å². The second-order valence-corrected chi connectivity index (χ2v) is 1.27. The maximum Gasteiger partial charge on any atom is 0.0508 e. The van der Waals surface area contributed by atoms with Crippen LogP contribution in [0.15, 0.2) is 24.2 Å². The lowest BCUT2D eigenvalue weighted by atomic mass is 10.4. The van der Waals surface area contributed by atoms with Crippen LogP contribution in [0.5, 0.6) is 0 Å².